The Morgan fingerprint density at radius 3 is 2.70 bits per heavy atom. The lowest BCUT2D eigenvalue weighted by Crippen LogP contribution is -2.28. The van der Waals surface area contributed by atoms with Gasteiger partial charge < -0.3 is 5.32 Å². The van der Waals surface area contributed by atoms with Gasteiger partial charge in [-0.1, -0.05) is 18.9 Å². The molecule has 4 nitrogen and oxygen atoms in total. The number of nitrogens with one attached hydrogen (secondary N) is 1. The summed E-state index contributed by atoms with van der Waals surface area (Å²) in [6.07, 6.45) is 7.69. The van der Waals surface area contributed by atoms with Crippen LogP contribution in [0.5, 0.6) is 0 Å². The fourth-order valence-corrected chi connectivity index (χ4v) is 3.49. The standard InChI is InChI=1S/C16H22N2O2/c1-11-5-8-15(16(9-11)18(19)20)17-14-4-2-3-13(10-14)12-6-7-12/h5,8-9,12-14,17H,2-4,6-7,10H2,1H3. The molecule has 1 aromatic carbocycles. The average molecular weight is 274 g/mol. The topological polar surface area (TPSA) is 55.2 Å². The van der Waals surface area contributed by atoms with Crippen LogP contribution < -0.4 is 5.32 Å². The van der Waals surface area contributed by atoms with E-state index in [0.717, 1.165) is 23.8 Å². The summed E-state index contributed by atoms with van der Waals surface area (Å²) in [7, 11) is 0. The summed E-state index contributed by atoms with van der Waals surface area (Å²) in [6, 6.07) is 5.85. The van der Waals surface area contributed by atoms with E-state index >= 15 is 0 Å². The number of nitro groups is 1. The molecule has 3 rings (SSSR count). The van der Waals surface area contributed by atoms with Gasteiger partial charge in [-0.15, -0.1) is 0 Å². The van der Waals surface area contributed by atoms with Gasteiger partial charge in [-0.2, -0.15) is 0 Å². The first kappa shape index (κ1) is 13.4. The summed E-state index contributed by atoms with van der Waals surface area (Å²) in [5, 5.41) is 14.6. The van der Waals surface area contributed by atoms with Gasteiger partial charge in [0.15, 0.2) is 0 Å². The molecule has 2 aliphatic carbocycles. The van der Waals surface area contributed by atoms with Gasteiger partial charge in [-0.3, -0.25) is 10.1 Å². The first-order chi connectivity index (χ1) is 9.63. The third-order valence-electron chi connectivity index (χ3n) is 4.71. The molecule has 1 N–H and O–H groups in total. The van der Waals surface area contributed by atoms with E-state index in [1.165, 1.54) is 32.1 Å². The Morgan fingerprint density at radius 2 is 2.00 bits per heavy atom. The van der Waals surface area contributed by atoms with E-state index in [-0.39, 0.29) is 10.6 Å². The summed E-state index contributed by atoms with van der Waals surface area (Å²) >= 11 is 0. The number of aryl methyl sites for hydroxylation is 1. The highest BCUT2D eigenvalue weighted by atomic mass is 16.6. The molecule has 2 saturated carbocycles. The third-order valence-corrected chi connectivity index (χ3v) is 4.71. The van der Waals surface area contributed by atoms with Crippen LogP contribution in [-0.4, -0.2) is 11.0 Å². The van der Waals surface area contributed by atoms with E-state index in [1.807, 2.05) is 19.1 Å². The molecule has 0 amide bonds. The predicted molar refractivity (Wildman–Crippen MR) is 79.9 cm³/mol. The molecule has 2 aliphatic rings. The van der Waals surface area contributed by atoms with Crippen LogP contribution in [0.15, 0.2) is 18.2 Å². The molecule has 20 heavy (non-hydrogen) atoms. The molecular formula is C16H22N2O2. The molecule has 2 unspecified atom stereocenters. The van der Waals surface area contributed by atoms with Crippen LogP contribution in [0.25, 0.3) is 0 Å². The zero-order chi connectivity index (χ0) is 14.1. The second-order valence-electron chi connectivity index (χ2n) is 6.38. The Morgan fingerprint density at radius 1 is 1.20 bits per heavy atom. The first-order valence-electron chi connectivity index (χ1n) is 7.65. The van der Waals surface area contributed by atoms with Gasteiger partial charge in [0.1, 0.15) is 5.69 Å². The molecule has 4 heteroatoms. The molecule has 0 aliphatic heterocycles. The van der Waals surface area contributed by atoms with Crippen molar-refractivity contribution in [3.8, 4) is 0 Å². The lowest BCUT2D eigenvalue weighted by Gasteiger charge is -2.30. The van der Waals surface area contributed by atoms with E-state index in [9.17, 15) is 10.1 Å². The summed E-state index contributed by atoms with van der Waals surface area (Å²) in [4.78, 5) is 10.9. The number of benzene rings is 1. The maximum absolute atomic E-state index is 11.2. The highest BCUT2D eigenvalue weighted by Crippen LogP contribution is 2.44. The van der Waals surface area contributed by atoms with Gasteiger partial charge in [-0.05, 0) is 56.1 Å². The van der Waals surface area contributed by atoms with Crippen molar-refractivity contribution in [3.05, 3.63) is 33.9 Å². The molecule has 0 bridgehead atoms. The van der Waals surface area contributed by atoms with Crippen molar-refractivity contribution < 1.29 is 4.92 Å². The molecule has 2 atom stereocenters. The average Bonchev–Trinajstić information content (AvgIpc) is 3.25. The first-order valence-corrected chi connectivity index (χ1v) is 7.65. The Hall–Kier alpha value is -1.58. The monoisotopic (exact) mass is 274 g/mol. The SMILES string of the molecule is Cc1ccc(NC2CCCC(C3CC3)C2)c([N+](=O)[O-])c1. The number of nitrogens with zero attached hydrogens (tertiary/aromatic N) is 1. The smallest absolute Gasteiger partial charge is 0.292 e. The molecule has 0 radical (unpaired) electrons. The van der Waals surface area contributed by atoms with Gasteiger partial charge in [0.05, 0.1) is 4.92 Å². The van der Waals surface area contributed by atoms with Crippen LogP contribution in [0.4, 0.5) is 11.4 Å². The Bertz CT molecular complexity index is 511. The summed E-state index contributed by atoms with van der Waals surface area (Å²) in [5.41, 5.74) is 1.82. The largest absolute Gasteiger partial charge is 0.377 e. The highest BCUT2D eigenvalue weighted by molar-refractivity contribution is 5.63. The van der Waals surface area contributed by atoms with Crippen LogP contribution in [0.1, 0.15) is 44.1 Å². The summed E-state index contributed by atoms with van der Waals surface area (Å²) in [6.45, 7) is 1.89. The van der Waals surface area contributed by atoms with Crippen molar-refractivity contribution in [1.82, 2.24) is 0 Å². The van der Waals surface area contributed by atoms with Crippen LogP contribution >= 0.6 is 0 Å². The zero-order valence-corrected chi connectivity index (χ0v) is 12.0. The van der Waals surface area contributed by atoms with Gasteiger partial charge in [0.2, 0.25) is 0 Å². The van der Waals surface area contributed by atoms with Gasteiger partial charge >= 0.3 is 0 Å². The second-order valence-corrected chi connectivity index (χ2v) is 6.38. The molecular weight excluding hydrogens is 252 g/mol. The third kappa shape index (κ3) is 2.94. The summed E-state index contributed by atoms with van der Waals surface area (Å²) in [5.74, 6) is 1.78. The molecule has 108 valence electrons. The molecule has 0 spiro atoms. The van der Waals surface area contributed by atoms with E-state index < -0.39 is 0 Å². The Labute approximate surface area is 119 Å². The number of anilines is 1. The molecule has 0 aromatic heterocycles. The maximum atomic E-state index is 11.2. The summed E-state index contributed by atoms with van der Waals surface area (Å²) < 4.78 is 0. The minimum absolute atomic E-state index is 0.207. The fraction of sp³-hybridized carbons (Fsp3) is 0.625. The van der Waals surface area contributed by atoms with Crippen LogP contribution in [-0.2, 0) is 0 Å². The highest BCUT2D eigenvalue weighted by Gasteiger charge is 2.35. The van der Waals surface area contributed by atoms with Crippen molar-refractivity contribution in [2.75, 3.05) is 5.32 Å². The van der Waals surface area contributed by atoms with Crippen LogP contribution in [0.3, 0.4) is 0 Å². The Balaban J connectivity index is 1.71. The number of hydrogen-bond donors (Lipinski definition) is 1. The molecule has 2 fully saturated rings. The van der Waals surface area contributed by atoms with Crippen molar-refractivity contribution in [2.24, 2.45) is 11.8 Å². The second kappa shape index (κ2) is 5.43. The molecule has 1 aromatic rings. The van der Waals surface area contributed by atoms with Crippen molar-refractivity contribution in [1.29, 1.82) is 0 Å². The molecule has 0 saturated heterocycles. The van der Waals surface area contributed by atoms with E-state index in [2.05, 4.69) is 5.32 Å². The van der Waals surface area contributed by atoms with Crippen LogP contribution in [0, 0.1) is 28.9 Å². The maximum Gasteiger partial charge on any atom is 0.292 e. The number of hydrogen-bond acceptors (Lipinski definition) is 3. The van der Waals surface area contributed by atoms with Crippen molar-refractivity contribution in [2.45, 2.75) is 51.5 Å². The minimum atomic E-state index is -0.281. The quantitative estimate of drug-likeness (QED) is 0.658. The lowest BCUT2D eigenvalue weighted by molar-refractivity contribution is -0.384. The molecule has 0 heterocycles. The number of nitro benzene ring substituents is 1. The normalized spacial score (nSPS) is 26.2. The van der Waals surface area contributed by atoms with E-state index in [0.29, 0.717) is 11.7 Å². The fourth-order valence-electron chi connectivity index (χ4n) is 3.49. The van der Waals surface area contributed by atoms with E-state index in [1.54, 1.807) is 6.07 Å². The van der Waals surface area contributed by atoms with Crippen molar-refractivity contribution >= 4 is 11.4 Å². The zero-order valence-electron chi connectivity index (χ0n) is 12.0. The van der Waals surface area contributed by atoms with Crippen molar-refractivity contribution in [3.63, 3.8) is 0 Å². The van der Waals surface area contributed by atoms with E-state index in [4.69, 9.17) is 0 Å². The van der Waals surface area contributed by atoms with Crippen LogP contribution in [0.2, 0.25) is 0 Å². The van der Waals surface area contributed by atoms with Gasteiger partial charge in [0.25, 0.3) is 5.69 Å². The van der Waals surface area contributed by atoms with Gasteiger partial charge in [0, 0.05) is 12.1 Å². The lowest BCUT2D eigenvalue weighted by atomic mass is 9.82. The predicted octanol–water partition coefficient (Wildman–Crippen LogP) is 4.28. The Kier molecular flexibility index (Phi) is 3.64. The number of rotatable bonds is 4. The minimum Gasteiger partial charge on any atom is -0.377 e. The van der Waals surface area contributed by atoms with Gasteiger partial charge in [-0.25, -0.2) is 0 Å².